The van der Waals surface area contributed by atoms with E-state index in [9.17, 15) is 0 Å². The van der Waals surface area contributed by atoms with Crippen LogP contribution in [0.15, 0.2) is 12.3 Å². The minimum atomic E-state index is 0.447. The molecule has 1 rings (SSSR count). The summed E-state index contributed by atoms with van der Waals surface area (Å²) in [5, 5.41) is 0. The first-order valence-corrected chi connectivity index (χ1v) is 3.87. The number of aromatic nitrogens is 1. The van der Waals surface area contributed by atoms with Gasteiger partial charge in [-0.05, 0) is 13.0 Å². The van der Waals surface area contributed by atoms with Crippen LogP contribution in [0.4, 0.5) is 0 Å². The standard InChI is InChI=1S/C8H10ClNO/c1-6-7(5-9)8(11-2)3-4-10-6/h3-4H,5H2,1-2H3. The highest BCUT2D eigenvalue weighted by molar-refractivity contribution is 6.17. The first kappa shape index (κ1) is 8.34. The summed E-state index contributed by atoms with van der Waals surface area (Å²) in [5.74, 6) is 1.26. The molecule has 0 N–H and O–H groups in total. The van der Waals surface area contributed by atoms with Gasteiger partial charge in [-0.25, -0.2) is 0 Å². The van der Waals surface area contributed by atoms with E-state index in [-0.39, 0.29) is 0 Å². The Morgan fingerprint density at radius 2 is 2.36 bits per heavy atom. The number of ether oxygens (including phenoxy) is 1. The Balaban J connectivity index is 3.13. The summed E-state index contributed by atoms with van der Waals surface area (Å²) >= 11 is 5.70. The molecule has 1 heterocycles. The third kappa shape index (κ3) is 1.63. The average molecular weight is 172 g/mol. The van der Waals surface area contributed by atoms with Gasteiger partial charge < -0.3 is 4.74 Å². The molecule has 0 unspecified atom stereocenters. The lowest BCUT2D eigenvalue weighted by molar-refractivity contribution is 0.410. The first-order chi connectivity index (χ1) is 5.29. The second-order valence-corrected chi connectivity index (χ2v) is 2.48. The maximum absolute atomic E-state index is 5.70. The molecule has 0 aliphatic rings. The molecule has 0 saturated carbocycles. The van der Waals surface area contributed by atoms with Gasteiger partial charge >= 0.3 is 0 Å². The van der Waals surface area contributed by atoms with Crippen LogP contribution in [0.5, 0.6) is 5.75 Å². The van der Waals surface area contributed by atoms with Gasteiger partial charge in [0.2, 0.25) is 0 Å². The molecular formula is C8H10ClNO. The van der Waals surface area contributed by atoms with E-state index < -0.39 is 0 Å². The van der Waals surface area contributed by atoms with Gasteiger partial charge in [0.15, 0.2) is 0 Å². The Morgan fingerprint density at radius 1 is 1.64 bits per heavy atom. The van der Waals surface area contributed by atoms with Crippen LogP contribution in [0.3, 0.4) is 0 Å². The van der Waals surface area contributed by atoms with Crippen LogP contribution in [0.25, 0.3) is 0 Å². The zero-order valence-electron chi connectivity index (χ0n) is 6.60. The van der Waals surface area contributed by atoms with Gasteiger partial charge in [0.05, 0.1) is 13.0 Å². The molecule has 0 amide bonds. The van der Waals surface area contributed by atoms with E-state index in [2.05, 4.69) is 4.98 Å². The molecular weight excluding hydrogens is 162 g/mol. The Kier molecular flexibility index (Phi) is 2.71. The summed E-state index contributed by atoms with van der Waals surface area (Å²) in [5.41, 5.74) is 1.90. The fourth-order valence-corrected chi connectivity index (χ4v) is 1.25. The molecule has 0 aliphatic heterocycles. The van der Waals surface area contributed by atoms with E-state index in [1.165, 1.54) is 0 Å². The van der Waals surface area contributed by atoms with Gasteiger partial charge in [0.1, 0.15) is 5.75 Å². The minimum absolute atomic E-state index is 0.447. The maximum Gasteiger partial charge on any atom is 0.126 e. The molecule has 1 aromatic rings. The fourth-order valence-electron chi connectivity index (χ4n) is 0.927. The topological polar surface area (TPSA) is 22.1 Å². The maximum atomic E-state index is 5.70. The summed E-state index contributed by atoms with van der Waals surface area (Å²) in [6, 6.07) is 1.81. The van der Waals surface area contributed by atoms with Crippen LogP contribution in [-0.4, -0.2) is 12.1 Å². The van der Waals surface area contributed by atoms with E-state index in [4.69, 9.17) is 16.3 Å². The monoisotopic (exact) mass is 171 g/mol. The van der Waals surface area contributed by atoms with E-state index in [0.29, 0.717) is 5.88 Å². The lowest BCUT2D eigenvalue weighted by Crippen LogP contribution is -1.94. The zero-order chi connectivity index (χ0) is 8.27. The van der Waals surface area contributed by atoms with Crippen molar-refractivity contribution >= 4 is 11.6 Å². The van der Waals surface area contributed by atoms with Crippen LogP contribution in [0.2, 0.25) is 0 Å². The molecule has 0 bridgehead atoms. The van der Waals surface area contributed by atoms with Crippen molar-refractivity contribution in [2.24, 2.45) is 0 Å². The minimum Gasteiger partial charge on any atom is -0.496 e. The van der Waals surface area contributed by atoms with Crippen LogP contribution in [-0.2, 0) is 5.88 Å². The van der Waals surface area contributed by atoms with Crippen LogP contribution in [0.1, 0.15) is 11.3 Å². The molecule has 60 valence electrons. The lowest BCUT2D eigenvalue weighted by atomic mass is 10.2. The van der Waals surface area contributed by atoms with E-state index in [0.717, 1.165) is 17.0 Å². The van der Waals surface area contributed by atoms with Gasteiger partial charge in [-0.15, -0.1) is 11.6 Å². The predicted molar refractivity (Wildman–Crippen MR) is 45.1 cm³/mol. The first-order valence-electron chi connectivity index (χ1n) is 3.34. The number of halogens is 1. The largest absolute Gasteiger partial charge is 0.496 e. The number of alkyl halides is 1. The van der Waals surface area contributed by atoms with E-state index in [1.54, 1.807) is 13.3 Å². The number of rotatable bonds is 2. The van der Waals surface area contributed by atoms with Crippen molar-refractivity contribution in [2.45, 2.75) is 12.8 Å². The van der Waals surface area contributed by atoms with Crippen molar-refractivity contribution < 1.29 is 4.74 Å². The smallest absolute Gasteiger partial charge is 0.126 e. The SMILES string of the molecule is COc1ccnc(C)c1CCl. The number of nitrogens with zero attached hydrogens (tertiary/aromatic N) is 1. The molecule has 0 aliphatic carbocycles. The van der Waals surface area contributed by atoms with Crippen molar-refractivity contribution in [2.75, 3.05) is 7.11 Å². The number of hydrogen-bond donors (Lipinski definition) is 0. The molecule has 3 heteroatoms. The third-order valence-electron chi connectivity index (χ3n) is 1.58. The van der Waals surface area contributed by atoms with Gasteiger partial charge in [-0.3, -0.25) is 4.98 Å². The second kappa shape index (κ2) is 3.58. The summed E-state index contributed by atoms with van der Waals surface area (Å²) < 4.78 is 5.09. The number of pyridine rings is 1. The molecule has 0 aromatic carbocycles. The molecule has 1 aromatic heterocycles. The number of hydrogen-bond acceptors (Lipinski definition) is 2. The summed E-state index contributed by atoms with van der Waals surface area (Å²) in [6.07, 6.45) is 1.71. The fraction of sp³-hybridized carbons (Fsp3) is 0.375. The number of aryl methyl sites for hydroxylation is 1. The van der Waals surface area contributed by atoms with Gasteiger partial charge in [0.25, 0.3) is 0 Å². The van der Waals surface area contributed by atoms with Crippen molar-refractivity contribution in [3.05, 3.63) is 23.5 Å². The van der Waals surface area contributed by atoms with Crippen LogP contribution in [0, 0.1) is 6.92 Å². The lowest BCUT2D eigenvalue weighted by Gasteiger charge is -2.06. The zero-order valence-corrected chi connectivity index (χ0v) is 7.35. The molecule has 0 saturated heterocycles. The highest BCUT2D eigenvalue weighted by Crippen LogP contribution is 2.21. The molecule has 0 atom stereocenters. The van der Waals surface area contributed by atoms with Crippen molar-refractivity contribution in [3.63, 3.8) is 0 Å². The predicted octanol–water partition coefficient (Wildman–Crippen LogP) is 2.14. The number of methoxy groups -OCH3 is 1. The van der Waals surface area contributed by atoms with Gasteiger partial charge in [-0.1, -0.05) is 0 Å². The molecule has 0 spiro atoms. The average Bonchev–Trinajstić information content (AvgIpc) is 2.04. The summed E-state index contributed by atoms with van der Waals surface area (Å²) in [7, 11) is 1.63. The van der Waals surface area contributed by atoms with Crippen molar-refractivity contribution in [3.8, 4) is 5.75 Å². The highest BCUT2D eigenvalue weighted by Gasteiger charge is 2.03. The van der Waals surface area contributed by atoms with Crippen LogP contribution < -0.4 is 4.74 Å². The summed E-state index contributed by atoms with van der Waals surface area (Å²) in [6.45, 7) is 1.92. The third-order valence-corrected chi connectivity index (χ3v) is 1.85. The van der Waals surface area contributed by atoms with Crippen molar-refractivity contribution in [1.29, 1.82) is 0 Å². The Morgan fingerprint density at radius 3 is 2.82 bits per heavy atom. The Labute approximate surface area is 71.2 Å². The van der Waals surface area contributed by atoms with Crippen molar-refractivity contribution in [1.82, 2.24) is 4.98 Å². The van der Waals surface area contributed by atoms with E-state index >= 15 is 0 Å². The van der Waals surface area contributed by atoms with Crippen LogP contribution >= 0.6 is 11.6 Å². The van der Waals surface area contributed by atoms with Gasteiger partial charge in [-0.2, -0.15) is 0 Å². The summed E-state index contributed by atoms with van der Waals surface area (Å²) in [4.78, 5) is 4.09. The Hall–Kier alpha value is -0.760. The molecule has 11 heavy (non-hydrogen) atoms. The highest BCUT2D eigenvalue weighted by atomic mass is 35.5. The molecule has 0 fully saturated rings. The van der Waals surface area contributed by atoms with Gasteiger partial charge in [0, 0.05) is 17.5 Å². The van der Waals surface area contributed by atoms with E-state index in [1.807, 2.05) is 13.0 Å². The quantitative estimate of drug-likeness (QED) is 0.637. The molecule has 0 radical (unpaired) electrons. The second-order valence-electron chi connectivity index (χ2n) is 2.21. The normalized spacial score (nSPS) is 9.73. The Bertz CT molecular complexity index is 250. The molecule has 2 nitrogen and oxygen atoms in total.